The SMILES string of the molecule is C=CCO[C@H]1[C@H]2O[C@@H](c3ccccc3)OC[C@H]2O[C@@H](Oc2ccc(I)cc2)[C@@H]1OC(=O)C(C)C. The maximum Gasteiger partial charge on any atom is 0.308 e. The van der Waals surface area contributed by atoms with Gasteiger partial charge in [0.1, 0.15) is 24.1 Å². The summed E-state index contributed by atoms with van der Waals surface area (Å²) in [7, 11) is 0. The number of carbonyl (C=O) groups excluding carboxylic acids is 1. The normalized spacial score (nSPS) is 28.7. The van der Waals surface area contributed by atoms with Crippen LogP contribution in [0, 0.1) is 9.49 Å². The molecule has 2 aliphatic rings. The number of halogens is 1. The van der Waals surface area contributed by atoms with Crippen LogP contribution in [-0.4, -0.2) is 49.9 Å². The van der Waals surface area contributed by atoms with Crippen molar-refractivity contribution in [1.29, 1.82) is 0 Å². The van der Waals surface area contributed by atoms with E-state index in [9.17, 15) is 4.79 Å². The lowest BCUT2D eigenvalue weighted by atomic mass is 9.97. The van der Waals surface area contributed by atoms with Gasteiger partial charge in [0, 0.05) is 9.13 Å². The molecule has 182 valence electrons. The highest BCUT2D eigenvalue weighted by molar-refractivity contribution is 14.1. The molecule has 0 N–H and O–H groups in total. The van der Waals surface area contributed by atoms with Gasteiger partial charge in [-0.3, -0.25) is 4.79 Å². The van der Waals surface area contributed by atoms with Gasteiger partial charge in [-0.25, -0.2) is 0 Å². The summed E-state index contributed by atoms with van der Waals surface area (Å²) in [6, 6.07) is 17.2. The van der Waals surface area contributed by atoms with E-state index < -0.39 is 37.0 Å². The van der Waals surface area contributed by atoms with Crippen molar-refractivity contribution in [2.45, 2.75) is 50.8 Å². The minimum absolute atomic E-state index is 0.250. The second-order valence-electron chi connectivity index (χ2n) is 8.43. The number of esters is 1. The fraction of sp³-hybridized carbons (Fsp3) is 0.423. The number of carbonyl (C=O) groups is 1. The lowest BCUT2D eigenvalue weighted by Gasteiger charge is -2.48. The average Bonchev–Trinajstić information content (AvgIpc) is 2.85. The first-order valence-electron chi connectivity index (χ1n) is 11.3. The molecule has 2 aromatic carbocycles. The number of benzene rings is 2. The summed E-state index contributed by atoms with van der Waals surface area (Å²) in [4.78, 5) is 12.6. The maximum atomic E-state index is 12.6. The van der Waals surface area contributed by atoms with Crippen molar-refractivity contribution in [3.63, 3.8) is 0 Å². The van der Waals surface area contributed by atoms with Gasteiger partial charge in [-0.2, -0.15) is 0 Å². The molecular weight excluding hydrogens is 551 g/mol. The molecule has 0 bridgehead atoms. The zero-order valence-corrected chi connectivity index (χ0v) is 21.3. The maximum absolute atomic E-state index is 12.6. The van der Waals surface area contributed by atoms with Gasteiger partial charge in [0.2, 0.25) is 6.29 Å². The van der Waals surface area contributed by atoms with Crippen molar-refractivity contribution in [2.75, 3.05) is 13.2 Å². The zero-order chi connectivity index (χ0) is 24.1. The van der Waals surface area contributed by atoms with Gasteiger partial charge in [0.25, 0.3) is 0 Å². The zero-order valence-electron chi connectivity index (χ0n) is 19.2. The molecule has 2 saturated heterocycles. The Hall–Kier alpha value is -1.98. The van der Waals surface area contributed by atoms with Crippen LogP contribution in [0.15, 0.2) is 67.3 Å². The van der Waals surface area contributed by atoms with Crippen LogP contribution in [0.25, 0.3) is 0 Å². The molecule has 0 radical (unpaired) electrons. The molecule has 0 aromatic heterocycles. The van der Waals surface area contributed by atoms with Gasteiger partial charge in [0.05, 0.1) is 19.1 Å². The molecule has 0 saturated carbocycles. The largest absolute Gasteiger partial charge is 0.461 e. The lowest BCUT2D eigenvalue weighted by Crippen LogP contribution is -2.64. The molecule has 0 spiro atoms. The van der Waals surface area contributed by atoms with Crippen LogP contribution < -0.4 is 4.74 Å². The van der Waals surface area contributed by atoms with E-state index in [1.165, 1.54) is 0 Å². The highest BCUT2D eigenvalue weighted by Gasteiger charge is 2.53. The van der Waals surface area contributed by atoms with E-state index in [1.807, 2.05) is 54.6 Å². The van der Waals surface area contributed by atoms with Crippen LogP contribution in [-0.2, 0) is 28.5 Å². The van der Waals surface area contributed by atoms with Crippen LogP contribution in [0.2, 0.25) is 0 Å². The van der Waals surface area contributed by atoms with Crippen LogP contribution >= 0.6 is 22.6 Å². The van der Waals surface area contributed by atoms with Gasteiger partial charge >= 0.3 is 5.97 Å². The van der Waals surface area contributed by atoms with Crippen molar-refractivity contribution in [2.24, 2.45) is 5.92 Å². The number of hydrogen-bond acceptors (Lipinski definition) is 7. The minimum Gasteiger partial charge on any atom is -0.461 e. The molecule has 7 nitrogen and oxygen atoms in total. The van der Waals surface area contributed by atoms with Crippen molar-refractivity contribution >= 4 is 28.6 Å². The van der Waals surface area contributed by atoms with E-state index >= 15 is 0 Å². The Morgan fingerprint density at radius 2 is 1.85 bits per heavy atom. The third-order valence-corrected chi connectivity index (χ3v) is 6.27. The third-order valence-electron chi connectivity index (χ3n) is 5.55. The molecule has 4 rings (SSSR count). The molecule has 2 aliphatic heterocycles. The fourth-order valence-corrected chi connectivity index (χ4v) is 4.19. The van der Waals surface area contributed by atoms with Crippen LogP contribution in [0.1, 0.15) is 25.7 Å². The third kappa shape index (κ3) is 5.98. The first kappa shape index (κ1) is 25.1. The average molecular weight is 580 g/mol. The van der Waals surface area contributed by atoms with E-state index in [0.717, 1.165) is 9.13 Å². The quantitative estimate of drug-likeness (QED) is 0.256. The van der Waals surface area contributed by atoms with Gasteiger partial charge < -0.3 is 28.4 Å². The summed E-state index contributed by atoms with van der Waals surface area (Å²) in [5, 5.41) is 0. The Balaban J connectivity index is 1.62. The Bertz CT molecular complexity index is 949. The van der Waals surface area contributed by atoms with E-state index in [0.29, 0.717) is 5.75 Å². The monoisotopic (exact) mass is 580 g/mol. The fourth-order valence-electron chi connectivity index (χ4n) is 3.83. The molecule has 0 aliphatic carbocycles. The van der Waals surface area contributed by atoms with E-state index in [2.05, 4.69) is 29.2 Å². The van der Waals surface area contributed by atoms with Crippen molar-refractivity contribution < 1.29 is 33.2 Å². The summed E-state index contributed by atoms with van der Waals surface area (Å²) in [6.45, 7) is 7.84. The van der Waals surface area contributed by atoms with Crippen molar-refractivity contribution in [3.8, 4) is 5.75 Å². The van der Waals surface area contributed by atoms with Gasteiger partial charge in [-0.15, -0.1) is 6.58 Å². The van der Waals surface area contributed by atoms with Gasteiger partial charge in [-0.05, 0) is 46.9 Å². The molecule has 0 amide bonds. The van der Waals surface area contributed by atoms with E-state index in [4.69, 9.17) is 28.4 Å². The number of hydrogen-bond donors (Lipinski definition) is 0. The first-order chi connectivity index (χ1) is 16.5. The highest BCUT2D eigenvalue weighted by atomic mass is 127. The van der Waals surface area contributed by atoms with E-state index in [1.54, 1.807) is 19.9 Å². The summed E-state index contributed by atoms with van der Waals surface area (Å²) in [6.07, 6.45) is -2.36. The summed E-state index contributed by atoms with van der Waals surface area (Å²) in [5.41, 5.74) is 0.886. The highest BCUT2D eigenvalue weighted by Crippen LogP contribution is 2.37. The summed E-state index contributed by atoms with van der Waals surface area (Å²) >= 11 is 2.23. The minimum atomic E-state index is -0.903. The number of ether oxygens (including phenoxy) is 6. The molecule has 6 atom stereocenters. The van der Waals surface area contributed by atoms with Crippen molar-refractivity contribution in [1.82, 2.24) is 0 Å². The molecule has 8 heteroatoms. The van der Waals surface area contributed by atoms with Crippen molar-refractivity contribution in [3.05, 3.63) is 76.4 Å². The van der Waals surface area contributed by atoms with Crippen LogP contribution in [0.4, 0.5) is 0 Å². The van der Waals surface area contributed by atoms with E-state index in [-0.39, 0.29) is 25.1 Å². The standard InChI is InChI=1S/C26H29IO7/c1-4-14-29-22-21-20(15-30-25(34-21)17-8-6-5-7-9-17)32-26(23(22)33-24(28)16(2)3)31-19-12-10-18(27)11-13-19/h4-13,16,20-23,25-26H,1,14-15H2,2-3H3/t20-,21+,22+,23-,25+,26-/m1/s1. The molecule has 2 aromatic rings. The first-order valence-corrected chi connectivity index (χ1v) is 12.4. The molecular formula is C26H29IO7. The summed E-state index contributed by atoms with van der Waals surface area (Å²) in [5.74, 6) is -0.108. The number of rotatable bonds is 8. The Labute approximate surface area is 213 Å². The van der Waals surface area contributed by atoms with Crippen LogP contribution in [0.3, 0.4) is 0 Å². The second kappa shape index (κ2) is 11.6. The Morgan fingerprint density at radius 1 is 1.12 bits per heavy atom. The molecule has 0 unspecified atom stereocenters. The molecule has 2 heterocycles. The number of fused-ring (bicyclic) bond motifs is 1. The van der Waals surface area contributed by atoms with Crippen LogP contribution in [0.5, 0.6) is 5.75 Å². The second-order valence-corrected chi connectivity index (χ2v) is 9.68. The predicted molar refractivity (Wildman–Crippen MR) is 133 cm³/mol. The molecule has 2 fully saturated rings. The van der Waals surface area contributed by atoms with Gasteiger partial charge in [-0.1, -0.05) is 50.3 Å². The van der Waals surface area contributed by atoms with Gasteiger partial charge in [0.15, 0.2) is 12.4 Å². The molecule has 34 heavy (non-hydrogen) atoms. The predicted octanol–water partition coefficient (Wildman–Crippen LogP) is 4.65. The Kier molecular flexibility index (Phi) is 8.60. The topological polar surface area (TPSA) is 72.5 Å². The summed E-state index contributed by atoms with van der Waals surface area (Å²) < 4.78 is 37.8. The lowest BCUT2D eigenvalue weighted by molar-refractivity contribution is -0.355. The Morgan fingerprint density at radius 3 is 2.53 bits per heavy atom. The smallest absolute Gasteiger partial charge is 0.308 e.